The number of hydrogen-bond donors (Lipinski definition) is 2. The van der Waals surface area contributed by atoms with Gasteiger partial charge in [0.05, 0.1) is 26.0 Å². The highest BCUT2D eigenvalue weighted by atomic mass is 32.2. The average Bonchev–Trinajstić information content (AvgIpc) is 3.28. The first kappa shape index (κ1) is 25.6. The Balaban J connectivity index is 1.65. The van der Waals surface area contributed by atoms with E-state index < -0.39 is 15.8 Å². The van der Waals surface area contributed by atoms with Gasteiger partial charge < -0.3 is 14.6 Å². The van der Waals surface area contributed by atoms with Crippen LogP contribution in [-0.2, 0) is 20.5 Å². The molecule has 3 aromatic heterocycles. The fourth-order valence-electron chi connectivity index (χ4n) is 3.70. The predicted octanol–water partition coefficient (Wildman–Crippen LogP) is 2.67. The second-order valence-electron chi connectivity index (χ2n) is 8.18. The SMILES string of the molecule is CCOC1=NC(c2nc3ncc(NS(=O)(=O)Cc4ncc(C)cn4)nc3n2-c2c(O)cccc2OC)=C=C=C1. The standard InChI is InChI=1S/C25H22N8O5S/c1-4-38-21-10-5-7-16(29-21)24-31-23-25(33(24)22-17(34)8-6-9-18(22)37-3)30-19(13-28-23)32-39(35,36)14-20-26-11-15(2)12-27-20/h6,8-13,34H,4,14H2,1-3H3,(H,30,32). The molecule has 0 spiro atoms. The molecule has 0 atom stereocenters. The summed E-state index contributed by atoms with van der Waals surface area (Å²) in [5.74, 6) is 0.208. The number of phenols is 1. The van der Waals surface area contributed by atoms with Crippen LogP contribution in [0.15, 0.2) is 59.3 Å². The number of anilines is 1. The molecule has 0 fully saturated rings. The summed E-state index contributed by atoms with van der Waals surface area (Å²) in [7, 11) is -2.50. The molecule has 5 rings (SSSR count). The Labute approximate surface area is 223 Å². The molecule has 0 amide bonds. The molecule has 14 heteroatoms. The maximum absolute atomic E-state index is 12.9. The first-order valence-corrected chi connectivity index (χ1v) is 13.3. The lowest BCUT2D eigenvalue weighted by Gasteiger charge is -2.14. The average molecular weight is 547 g/mol. The second kappa shape index (κ2) is 10.4. The maximum Gasteiger partial charge on any atom is 0.241 e. The maximum atomic E-state index is 12.9. The Morgan fingerprint density at radius 1 is 1.13 bits per heavy atom. The number of aliphatic imine (C=N–C) groups is 1. The van der Waals surface area contributed by atoms with Crippen LogP contribution in [0.2, 0.25) is 0 Å². The Hall–Kier alpha value is -5.03. The van der Waals surface area contributed by atoms with Crippen molar-refractivity contribution in [1.82, 2.24) is 29.5 Å². The summed E-state index contributed by atoms with van der Waals surface area (Å²) in [6, 6.07) is 4.73. The van der Waals surface area contributed by atoms with Crippen molar-refractivity contribution < 1.29 is 23.0 Å². The quantitative estimate of drug-likeness (QED) is 0.314. The predicted molar refractivity (Wildman–Crippen MR) is 142 cm³/mol. The fourth-order valence-corrected chi connectivity index (χ4v) is 4.67. The van der Waals surface area contributed by atoms with Gasteiger partial charge in [0.1, 0.15) is 28.8 Å². The molecule has 0 aliphatic carbocycles. The number of nitrogens with one attached hydrogen (secondary N) is 1. The molecular weight excluding hydrogens is 524 g/mol. The number of phenolic OH excluding ortho intramolecular Hbond substituents is 1. The number of methoxy groups -OCH3 is 1. The van der Waals surface area contributed by atoms with E-state index in [4.69, 9.17) is 9.47 Å². The molecule has 1 aliphatic rings. The molecule has 13 nitrogen and oxygen atoms in total. The molecule has 1 aromatic carbocycles. The van der Waals surface area contributed by atoms with Gasteiger partial charge in [-0.15, -0.1) is 0 Å². The van der Waals surface area contributed by atoms with Gasteiger partial charge in [-0.25, -0.2) is 38.3 Å². The molecule has 0 saturated carbocycles. The van der Waals surface area contributed by atoms with Crippen molar-refractivity contribution in [1.29, 1.82) is 0 Å². The number of imidazole rings is 1. The highest BCUT2D eigenvalue weighted by Crippen LogP contribution is 2.36. The van der Waals surface area contributed by atoms with Crippen LogP contribution in [0.3, 0.4) is 0 Å². The molecule has 39 heavy (non-hydrogen) atoms. The molecular formula is C25H22N8O5S. The first-order chi connectivity index (χ1) is 18.8. The van der Waals surface area contributed by atoms with Crippen molar-refractivity contribution in [2.75, 3.05) is 18.4 Å². The zero-order valence-electron chi connectivity index (χ0n) is 21.1. The smallest absolute Gasteiger partial charge is 0.241 e. The Bertz CT molecular complexity index is 1820. The van der Waals surface area contributed by atoms with Gasteiger partial charge in [-0.1, -0.05) is 11.8 Å². The highest BCUT2D eigenvalue weighted by molar-refractivity contribution is 7.91. The van der Waals surface area contributed by atoms with Crippen molar-refractivity contribution in [3.8, 4) is 17.2 Å². The fraction of sp³-hybridized carbons (Fsp3) is 0.200. The summed E-state index contributed by atoms with van der Waals surface area (Å²) in [6.45, 7) is 4.01. The number of aromatic hydroxyl groups is 1. The van der Waals surface area contributed by atoms with Gasteiger partial charge in [0, 0.05) is 12.4 Å². The van der Waals surface area contributed by atoms with Gasteiger partial charge >= 0.3 is 0 Å². The molecule has 0 unspecified atom stereocenters. The second-order valence-corrected chi connectivity index (χ2v) is 9.91. The van der Waals surface area contributed by atoms with E-state index in [2.05, 4.69) is 46.1 Å². The molecule has 0 bridgehead atoms. The van der Waals surface area contributed by atoms with E-state index in [1.807, 2.05) is 6.92 Å². The number of aromatic nitrogens is 6. The van der Waals surface area contributed by atoms with Crippen LogP contribution in [0.4, 0.5) is 5.82 Å². The van der Waals surface area contributed by atoms with Gasteiger partial charge in [-0.3, -0.25) is 9.29 Å². The first-order valence-electron chi connectivity index (χ1n) is 11.6. The minimum absolute atomic E-state index is 0.0803. The Morgan fingerprint density at radius 3 is 2.67 bits per heavy atom. The van der Waals surface area contributed by atoms with Crippen molar-refractivity contribution in [2.45, 2.75) is 19.6 Å². The lowest BCUT2D eigenvalue weighted by atomic mass is 10.2. The summed E-state index contributed by atoms with van der Waals surface area (Å²) in [5.41, 5.74) is 7.23. The van der Waals surface area contributed by atoms with E-state index in [0.717, 1.165) is 5.56 Å². The van der Waals surface area contributed by atoms with Gasteiger partial charge in [0.15, 0.2) is 28.6 Å². The van der Waals surface area contributed by atoms with Crippen molar-refractivity contribution in [3.05, 3.63) is 71.5 Å². The van der Waals surface area contributed by atoms with Crippen LogP contribution in [0.5, 0.6) is 11.5 Å². The molecule has 4 aromatic rings. The van der Waals surface area contributed by atoms with E-state index >= 15 is 0 Å². The van der Waals surface area contributed by atoms with Crippen molar-refractivity contribution >= 4 is 38.7 Å². The van der Waals surface area contributed by atoms with Crippen molar-refractivity contribution in [2.24, 2.45) is 4.99 Å². The number of aryl methyl sites for hydroxylation is 1. The lowest BCUT2D eigenvalue weighted by Crippen LogP contribution is -2.18. The monoisotopic (exact) mass is 546 g/mol. The number of sulfonamides is 1. The van der Waals surface area contributed by atoms with E-state index in [1.54, 1.807) is 19.1 Å². The van der Waals surface area contributed by atoms with E-state index in [1.165, 1.54) is 42.4 Å². The van der Waals surface area contributed by atoms with Gasteiger partial charge in [0.2, 0.25) is 15.9 Å². The number of nitrogens with zero attached hydrogens (tertiary/aromatic N) is 7. The molecule has 1 aliphatic heterocycles. The topological polar surface area (TPSA) is 167 Å². The van der Waals surface area contributed by atoms with Crippen LogP contribution in [-0.4, -0.2) is 62.6 Å². The van der Waals surface area contributed by atoms with Crippen LogP contribution in [0, 0.1) is 6.92 Å². The number of hydrogen-bond acceptors (Lipinski definition) is 11. The lowest BCUT2D eigenvalue weighted by molar-refractivity contribution is 0.330. The molecule has 2 N–H and O–H groups in total. The van der Waals surface area contributed by atoms with Crippen molar-refractivity contribution in [3.63, 3.8) is 0 Å². The molecule has 4 heterocycles. The summed E-state index contributed by atoms with van der Waals surface area (Å²) < 4.78 is 40.6. The number of benzene rings is 1. The number of fused-ring (bicyclic) bond motifs is 1. The third kappa shape index (κ3) is 5.34. The highest BCUT2D eigenvalue weighted by Gasteiger charge is 2.25. The zero-order valence-corrected chi connectivity index (χ0v) is 21.9. The molecule has 0 radical (unpaired) electrons. The third-order valence-corrected chi connectivity index (χ3v) is 6.48. The zero-order chi connectivity index (χ0) is 27.6. The third-order valence-electron chi connectivity index (χ3n) is 5.32. The summed E-state index contributed by atoms with van der Waals surface area (Å²) in [5, 5.41) is 10.8. The van der Waals surface area contributed by atoms with Gasteiger partial charge in [0.25, 0.3) is 0 Å². The molecule has 0 saturated heterocycles. The largest absolute Gasteiger partial charge is 0.506 e. The van der Waals surface area contributed by atoms with Crippen LogP contribution < -0.4 is 9.46 Å². The summed E-state index contributed by atoms with van der Waals surface area (Å²) >= 11 is 0. The van der Waals surface area contributed by atoms with Crippen LogP contribution >= 0.6 is 0 Å². The number of para-hydroxylation sites is 1. The number of ether oxygens (including phenoxy) is 2. The Morgan fingerprint density at radius 2 is 1.92 bits per heavy atom. The summed E-state index contributed by atoms with van der Waals surface area (Å²) in [6.07, 6.45) is 5.83. The van der Waals surface area contributed by atoms with Crippen LogP contribution in [0.1, 0.15) is 24.1 Å². The number of rotatable bonds is 8. The minimum Gasteiger partial charge on any atom is -0.506 e. The van der Waals surface area contributed by atoms with Gasteiger partial charge in [-0.2, -0.15) is 0 Å². The van der Waals surface area contributed by atoms with E-state index in [-0.39, 0.29) is 45.9 Å². The van der Waals surface area contributed by atoms with Gasteiger partial charge in [-0.05, 0) is 37.3 Å². The molecule has 198 valence electrons. The van der Waals surface area contributed by atoms with E-state index in [9.17, 15) is 13.5 Å². The minimum atomic E-state index is -3.95. The van der Waals surface area contributed by atoms with Crippen LogP contribution in [0.25, 0.3) is 22.7 Å². The summed E-state index contributed by atoms with van der Waals surface area (Å²) in [4.78, 5) is 25.9. The van der Waals surface area contributed by atoms with E-state index in [0.29, 0.717) is 18.3 Å². The Kier molecular flexibility index (Phi) is 6.82. The normalized spacial score (nSPS) is 12.8.